The topological polar surface area (TPSA) is 62.2 Å². The van der Waals surface area contributed by atoms with Gasteiger partial charge in [0.15, 0.2) is 0 Å². The van der Waals surface area contributed by atoms with Gasteiger partial charge in [0.2, 0.25) is 0 Å². The summed E-state index contributed by atoms with van der Waals surface area (Å²) in [7, 11) is 0. The van der Waals surface area contributed by atoms with Crippen LogP contribution in [0, 0.1) is 0 Å². The number of carboxylic acids is 1. The molecule has 0 radical (unpaired) electrons. The summed E-state index contributed by atoms with van der Waals surface area (Å²) < 4.78 is 0. The molecular formula is C14H16N2O2S. The van der Waals surface area contributed by atoms with Crippen molar-refractivity contribution in [1.82, 2.24) is 10.3 Å². The lowest BCUT2D eigenvalue weighted by Crippen LogP contribution is -2.28. The predicted molar refractivity (Wildman–Crippen MR) is 75.2 cm³/mol. The van der Waals surface area contributed by atoms with Crippen molar-refractivity contribution in [3.05, 3.63) is 52.0 Å². The molecule has 4 nitrogen and oxygen atoms in total. The molecule has 1 unspecified atom stereocenters. The Morgan fingerprint density at radius 1 is 1.42 bits per heavy atom. The van der Waals surface area contributed by atoms with Crippen LogP contribution in [0.1, 0.15) is 29.2 Å². The van der Waals surface area contributed by atoms with Gasteiger partial charge in [0.05, 0.1) is 10.7 Å². The molecule has 2 N–H and O–H groups in total. The van der Waals surface area contributed by atoms with E-state index in [4.69, 9.17) is 0 Å². The van der Waals surface area contributed by atoms with Crippen LogP contribution >= 0.6 is 11.3 Å². The Kier molecular flexibility index (Phi) is 4.65. The molecule has 0 aliphatic carbocycles. The largest absolute Gasteiger partial charge is 0.480 e. The van der Waals surface area contributed by atoms with Crippen LogP contribution < -0.4 is 5.32 Å². The monoisotopic (exact) mass is 276 g/mol. The van der Waals surface area contributed by atoms with Crippen molar-refractivity contribution in [2.24, 2.45) is 0 Å². The number of thiazole rings is 1. The molecule has 0 spiro atoms. The quantitative estimate of drug-likeness (QED) is 0.851. The SMILES string of the molecule is CCc1nc(CNC(C(=O)O)c2ccccc2)cs1. The van der Waals surface area contributed by atoms with Gasteiger partial charge in [-0.3, -0.25) is 10.1 Å². The van der Waals surface area contributed by atoms with Crippen LogP contribution in [0.15, 0.2) is 35.7 Å². The second-order valence-electron chi connectivity index (χ2n) is 4.15. The molecule has 0 aliphatic heterocycles. The third-order valence-electron chi connectivity index (χ3n) is 2.77. The fraction of sp³-hybridized carbons (Fsp3) is 0.286. The van der Waals surface area contributed by atoms with Gasteiger partial charge < -0.3 is 5.11 Å². The number of nitrogens with one attached hydrogen (secondary N) is 1. The third-order valence-corrected chi connectivity index (χ3v) is 3.81. The summed E-state index contributed by atoms with van der Waals surface area (Å²) in [5.41, 5.74) is 1.64. The molecule has 0 bridgehead atoms. The first-order valence-electron chi connectivity index (χ1n) is 6.15. The summed E-state index contributed by atoms with van der Waals surface area (Å²) in [6.45, 7) is 2.52. The van der Waals surface area contributed by atoms with E-state index in [9.17, 15) is 9.90 Å². The van der Waals surface area contributed by atoms with Crippen LogP contribution in [0.25, 0.3) is 0 Å². The van der Waals surface area contributed by atoms with Crippen LogP contribution in [0.2, 0.25) is 0 Å². The van der Waals surface area contributed by atoms with E-state index in [0.29, 0.717) is 6.54 Å². The highest BCUT2D eigenvalue weighted by Crippen LogP contribution is 2.15. The maximum absolute atomic E-state index is 11.3. The summed E-state index contributed by atoms with van der Waals surface area (Å²) in [6.07, 6.45) is 0.908. The third kappa shape index (κ3) is 3.62. The van der Waals surface area contributed by atoms with Crippen LogP contribution in [0.5, 0.6) is 0 Å². The minimum absolute atomic E-state index is 0.461. The van der Waals surface area contributed by atoms with E-state index in [1.54, 1.807) is 11.3 Å². The van der Waals surface area contributed by atoms with E-state index in [0.717, 1.165) is 22.7 Å². The molecule has 0 saturated carbocycles. The summed E-state index contributed by atoms with van der Waals surface area (Å²) in [4.78, 5) is 15.7. The lowest BCUT2D eigenvalue weighted by atomic mass is 10.1. The van der Waals surface area contributed by atoms with Crippen molar-refractivity contribution >= 4 is 17.3 Å². The van der Waals surface area contributed by atoms with Crippen LogP contribution in [-0.4, -0.2) is 16.1 Å². The van der Waals surface area contributed by atoms with Crippen molar-refractivity contribution in [1.29, 1.82) is 0 Å². The van der Waals surface area contributed by atoms with Gasteiger partial charge in [-0.2, -0.15) is 0 Å². The molecule has 0 amide bonds. The zero-order chi connectivity index (χ0) is 13.7. The van der Waals surface area contributed by atoms with Gasteiger partial charge in [0.25, 0.3) is 0 Å². The zero-order valence-electron chi connectivity index (χ0n) is 10.7. The van der Waals surface area contributed by atoms with Gasteiger partial charge in [0, 0.05) is 11.9 Å². The van der Waals surface area contributed by atoms with Gasteiger partial charge >= 0.3 is 5.97 Å². The average molecular weight is 276 g/mol. The van der Waals surface area contributed by atoms with E-state index in [1.165, 1.54) is 0 Å². The highest BCUT2D eigenvalue weighted by molar-refractivity contribution is 7.09. The molecule has 1 aromatic carbocycles. The number of carboxylic acid groups (broad SMARTS) is 1. The zero-order valence-corrected chi connectivity index (χ0v) is 11.5. The smallest absolute Gasteiger partial charge is 0.325 e. The maximum Gasteiger partial charge on any atom is 0.325 e. The molecule has 5 heteroatoms. The fourth-order valence-corrected chi connectivity index (χ4v) is 2.54. The summed E-state index contributed by atoms with van der Waals surface area (Å²) in [6, 6.07) is 8.47. The molecule has 0 saturated heterocycles. The van der Waals surface area contributed by atoms with Gasteiger partial charge in [-0.15, -0.1) is 11.3 Å². The van der Waals surface area contributed by atoms with Crippen LogP contribution in [-0.2, 0) is 17.8 Å². The van der Waals surface area contributed by atoms with Gasteiger partial charge in [-0.05, 0) is 12.0 Å². The second-order valence-corrected chi connectivity index (χ2v) is 5.09. The summed E-state index contributed by atoms with van der Waals surface area (Å²) in [5, 5.41) is 15.4. The molecule has 1 aromatic heterocycles. The van der Waals surface area contributed by atoms with E-state index in [2.05, 4.69) is 17.2 Å². The van der Waals surface area contributed by atoms with Crippen molar-refractivity contribution in [3.8, 4) is 0 Å². The molecular weight excluding hydrogens is 260 g/mol. The van der Waals surface area contributed by atoms with Crippen molar-refractivity contribution in [2.45, 2.75) is 25.9 Å². The van der Waals surface area contributed by atoms with Gasteiger partial charge in [-0.25, -0.2) is 4.98 Å². The Bertz CT molecular complexity index is 539. The standard InChI is InChI=1S/C14H16N2O2S/c1-2-12-16-11(9-19-12)8-15-13(14(17)18)10-6-4-3-5-7-10/h3-7,9,13,15H,2,8H2,1H3,(H,17,18). The van der Waals surface area contributed by atoms with Gasteiger partial charge in [-0.1, -0.05) is 37.3 Å². The first kappa shape index (κ1) is 13.7. The Morgan fingerprint density at radius 2 is 2.16 bits per heavy atom. The summed E-state index contributed by atoms with van der Waals surface area (Å²) >= 11 is 1.61. The predicted octanol–water partition coefficient (Wildman–Crippen LogP) is 2.62. The molecule has 2 aromatic rings. The average Bonchev–Trinajstić information content (AvgIpc) is 2.88. The van der Waals surface area contributed by atoms with Gasteiger partial charge in [0.1, 0.15) is 6.04 Å². The number of hydrogen-bond acceptors (Lipinski definition) is 4. The lowest BCUT2D eigenvalue weighted by molar-refractivity contribution is -0.139. The normalized spacial score (nSPS) is 12.3. The molecule has 19 heavy (non-hydrogen) atoms. The van der Waals surface area contributed by atoms with Crippen LogP contribution in [0.4, 0.5) is 0 Å². The molecule has 100 valence electrons. The highest BCUT2D eigenvalue weighted by atomic mass is 32.1. The molecule has 1 atom stereocenters. The number of benzene rings is 1. The highest BCUT2D eigenvalue weighted by Gasteiger charge is 2.18. The Labute approximate surface area is 116 Å². The Balaban J connectivity index is 2.04. The van der Waals surface area contributed by atoms with E-state index in [1.807, 2.05) is 35.7 Å². The lowest BCUT2D eigenvalue weighted by Gasteiger charge is -2.13. The fourth-order valence-electron chi connectivity index (χ4n) is 1.79. The number of hydrogen-bond donors (Lipinski definition) is 2. The number of aromatic nitrogens is 1. The Morgan fingerprint density at radius 3 is 2.74 bits per heavy atom. The minimum atomic E-state index is -0.878. The first-order chi connectivity index (χ1) is 9.20. The van der Waals surface area contributed by atoms with Crippen LogP contribution in [0.3, 0.4) is 0 Å². The maximum atomic E-state index is 11.3. The van der Waals surface area contributed by atoms with Crippen molar-refractivity contribution in [3.63, 3.8) is 0 Å². The molecule has 0 aliphatic rings. The molecule has 1 heterocycles. The number of aryl methyl sites for hydroxylation is 1. The Hall–Kier alpha value is -1.72. The first-order valence-corrected chi connectivity index (χ1v) is 7.03. The number of nitrogens with zero attached hydrogens (tertiary/aromatic N) is 1. The van der Waals surface area contributed by atoms with Crippen molar-refractivity contribution < 1.29 is 9.90 Å². The van der Waals surface area contributed by atoms with Crippen molar-refractivity contribution in [2.75, 3.05) is 0 Å². The number of carbonyl (C=O) groups is 1. The van der Waals surface area contributed by atoms with E-state index < -0.39 is 12.0 Å². The van der Waals surface area contributed by atoms with E-state index >= 15 is 0 Å². The number of aliphatic carboxylic acids is 1. The minimum Gasteiger partial charge on any atom is -0.480 e. The van der Waals surface area contributed by atoms with E-state index in [-0.39, 0.29) is 0 Å². The molecule has 0 fully saturated rings. The molecule has 2 rings (SSSR count). The second kappa shape index (κ2) is 6.45. The number of rotatable bonds is 6. The summed E-state index contributed by atoms with van der Waals surface area (Å²) in [5.74, 6) is -0.878.